The maximum absolute atomic E-state index is 13.5. The maximum Gasteiger partial charge on any atom is 0.249 e. The summed E-state index contributed by atoms with van der Waals surface area (Å²) in [5.74, 6) is 1.06. The molecule has 6 heteroatoms. The summed E-state index contributed by atoms with van der Waals surface area (Å²) in [4.78, 5) is 28.2. The first-order valence-corrected chi connectivity index (χ1v) is 10.4. The summed E-state index contributed by atoms with van der Waals surface area (Å²) in [5, 5.41) is 3.23. The number of rotatable bonds is 4. The molecule has 0 saturated heterocycles. The van der Waals surface area contributed by atoms with Crippen molar-refractivity contribution >= 4 is 17.5 Å². The number of benzene rings is 1. The molecule has 2 amide bonds. The van der Waals surface area contributed by atoms with E-state index in [1.807, 2.05) is 48.0 Å². The van der Waals surface area contributed by atoms with Crippen molar-refractivity contribution in [1.82, 2.24) is 9.88 Å². The number of nitrogens with zero attached hydrogens (tertiary/aromatic N) is 2. The number of methoxy groups -OCH3 is 1. The molecule has 1 aromatic heterocycles. The monoisotopic (exact) mass is 395 g/mol. The Morgan fingerprint density at radius 2 is 1.93 bits per heavy atom. The normalized spacial score (nSPS) is 24.2. The molecule has 6 nitrogen and oxygen atoms in total. The minimum Gasteiger partial charge on any atom is -0.495 e. The summed E-state index contributed by atoms with van der Waals surface area (Å²) in [6.45, 7) is 4.44. The van der Waals surface area contributed by atoms with Crippen LogP contribution in [0.3, 0.4) is 0 Å². The van der Waals surface area contributed by atoms with Gasteiger partial charge in [-0.05, 0) is 68.4 Å². The summed E-state index contributed by atoms with van der Waals surface area (Å²) in [6, 6.07) is 8.98. The van der Waals surface area contributed by atoms with Crippen LogP contribution in [0.15, 0.2) is 36.5 Å². The van der Waals surface area contributed by atoms with Gasteiger partial charge in [0.15, 0.2) is 6.04 Å². The van der Waals surface area contributed by atoms with Crippen molar-refractivity contribution in [3.63, 3.8) is 0 Å². The van der Waals surface area contributed by atoms with Gasteiger partial charge in [-0.2, -0.15) is 0 Å². The fraction of sp³-hybridized carbons (Fsp3) is 0.478. The van der Waals surface area contributed by atoms with Crippen LogP contribution in [-0.4, -0.2) is 29.5 Å². The van der Waals surface area contributed by atoms with Crippen LogP contribution in [0.1, 0.15) is 49.9 Å². The van der Waals surface area contributed by atoms with Gasteiger partial charge in [-0.1, -0.05) is 13.0 Å². The molecule has 0 radical (unpaired) electrons. The molecule has 0 spiro atoms. The number of amides is 2. The van der Waals surface area contributed by atoms with E-state index >= 15 is 0 Å². The Balaban J connectivity index is 1.70. The van der Waals surface area contributed by atoms with Crippen LogP contribution in [-0.2, 0) is 16.1 Å². The number of hydrogen-bond acceptors (Lipinski definition) is 3. The van der Waals surface area contributed by atoms with Crippen molar-refractivity contribution in [2.45, 2.75) is 58.2 Å². The Morgan fingerprint density at radius 1 is 1.17 bits per heavy atom. The third-order valence-electron chi connectivity index (χ3n) is 6.18. The lowest BCUT2D eigenvalue weighted by atomic mass is 9.87. The lowest BCUT2D eigenvalue weighted by Crippen LogP contribution is -2.51. The van der Waals surface area contributed by atoms with Crippen LogP contribution in [0.2, 0.25) is 0 Å². The Labute approximate surface area is 171 Å². The van der Waals surface area contributed by atoms with Crippen molar-refractivity contribution < 1.29 is 14.3 Å². The molecule has 29 heavy (non-hydrogen) atoms. The maximum atomic E-state index is 13.5. The lowest BCUT2D eigenvalue weighted by molar-refractivity contribution is -0.128. The molecule has 2 aliphatic rings. The van der Waals surface area contributed by atoms with Crippen molar-refractivity contribution in [1.29, 1.82) is 0 Å². The van der Waals surface area contributed by atoms with Crippen molar-refractivity contribution in [2.24, 2.45) is 5.92 Å². The number of fused-ring (bicyclic) bond motifs is 1. The molecule has 1 saturated carbocycles. The molecule has 0 bridgehead atoms. The molecular weight excluding hydrogens is 366 g/mol. The number of carbonyl (C=O) groups is 2. The Kier molecular flexibility index (Phi) is 5.35. The van der Waals surface area contributed by atoms with E-state index in [-0.39, 0.29) is 24.4 Å². The van der Waals surface area contributed by atoms with Gasteiger partial charge in [0.1, 0.15) is 12.3 Å². The number of carbonyl (C=O) groups excluding carboxylic acids is 2. The van der Waals surface area contributed by atoms with E-state index in [9.17, 15) is 9.59 Å². The number of aromatic nitrogens is 1. The smallest absolute Gasteiger partial charge is 0.249 e. The molecule has 154 valence electrons. The molecule has 0 unspecified atom stereocenters. The van der Waals surface area contributed by atoms with Crippen LogP contribution in [0.25, 0.3) is 0 Å². The van der Waals surface area contributed by atoms with Crippen LogP contribution in [0.5, 0.6) is 5.75 Å². The highest BCUT2D eigenvalue weighted by Gasteiger charge is 2.40. The zero-order chi connectivity index (χ0) is 20.5. The molecule has 1 fully saturated rings. The molecule has 1 aromatic carbocycles. The quantitative estimate of drug-likeness (QED) is 0.861. The summed E-state index contributed by atoms with van der Waals surface area (Å²) >= 11 is 0. The largest absolute Gasteiger partial charge is 0.495 e. The first-order chi connectivity index (χ1) is 14.0. The number of aryl methyl sites for hydroxylation is 1. The molecule has 1 atom stereocenters. The summed E-state index contributed by atoms with van der Waals surface area (Å²) < 4.78 is 7.40. The van der Waals surface area contributed by atoms with Gasteiger partial charge in [-0.15, -0.1) is 0 Å². The zero-order valence-electron chi connectivity index (χ0n) is 17.4. The van der Waals surface area contributed by atoms with E-state index in [0.717, 1.165) is 36.9 Å². The molecule has 4 rings (SSSR count). The van der Waals surface area contributed by atoms with Crippen LogP contribution in [0.4, 0.5) is 5.69 Å². The highest BCUT2D eigenvalue weighted by Crippen LogP contribution is 2.38. The van der Waals surface area contributed by atoms with E-state index < -0.39 is 6.04 Å². The second kappa shape index (κ2) is 7.93. The summed E-state index contributed by atoms with van der Waals surface area (Å²) in [7, 11) is 1.59. The van der Waals surface area contributed by atoms with Crippen LogP contribution >= 0.6 is 0 Å². The predicted octanol–water partition coefficient (Wildman–Crippen LogP) is 3.59. The highest BCUT2D eigenvalue weighted by atomic mass is 16.5. The van der Waals surface area contributed by atoms with E-state index in [1.54, 1.807) is 12.0 Å². The van der Waals surface area contributed by atoms with Crippen molar-refractivity contribution in [3.8, 4) is 5.75 Å². The Bertz CT molecular complexity index is 912. The highest BCUT2D eigenvalue weighted by molar-refractivity contribution is 6.03. The van der Waals surface area contributed by atoms with E-state index in [4.69, 9.17) is 4.74 Å². The van der Waals surface area contributed by atoms with Crippen molar-refractivity contribution in [3.05, 3.63) is 47.8 Å². The zero-order valence-corrected chi connectivity index (χ0v) is 17.4. The number of hydrogen-bond donors (Lipinski definition) is 1. The third kappa shape index (κ3) is 3.76. The standard InChI is InChI=1S/C23H29N3O3/c1-15-6-9-17(10-7-15)24-23(28)22-18-5-4-12-25(18)14-21(27)26(22)19-13-16(2)8-11-20(19)29-3/h4-5,8,11-13,15,17,22H,6-7,9-10,14H2,1-3H3,(H,24,28)/t15?,17?,22-/m1/s1. The minimum atomic E-state index is -0.707. The van der Waals surface area contributed by atoms with Crippen molar-refractivity contribution in [2.75, 3.05) is 12.0 Å². The lowest BCUT2D eigenvalue weighted by Gasteiger charge is -2.38. The average molecular weight is 396 g/mol. The van der Waals surface area contributed by atoms with Gasteiger partial charge in [-0.3, -0.25) is 14.5 Å². The van der Waals surface area contributed by atoms with E-state index in [0.29, 0.717) is 17.4 Å². The van der Waals surface area contributed by atoms with Crippen LogP contribution in [0, 0.1) is 12.8 Å². The molecule has 1 N–H and O–H groups in total. The predicted molar refractivity (Wildman–Crippen MR) is 112 cm³/mol. The second-order valence-electron chi connectivity index (χ2n) is 8.37. The van der Waals surface area contributed by atoms with Gasteiger partial charge in [-0.25, -0.2) is 0 Å². The molecular formula is C23H29N3O3. The average Bonchev–Trinajstić information content (AvgIpc) is 3.16. The van der Waals surface area contributed by atoms with Gasteiger partial charge in [0.25, 0.3) is 0 Å². The topological polar surface area (TPSA) is 63.6 Å². The molecule has 1 aliphatic carbocycles. The van der Waals surface area contributed by atoms with Gasteiger partial charge in [0, 0.05) is 12.2 Å². The molecule has 2 heterocycles. The van der Waals surface area contributed by atoms with Gasteiger partial charge in [0.2, 0.25) is 11.8 Å². The minimum absolute atomic E-state index is 0.116. The fourth-order valence-electron chi connectivity index (χ4n) is 4.52. The van der Waals surface area contributed by atoms with Crippen LogP contribution < -0.4 is 15.0 Å². The van der Waals surface area contributed by atoms with E-state index in [2.05, 4.69) is 12.2 Å². The first kappa shape index (κ1) is 19.6. The summed E-state index contributed by atoms with van der Waals surface area (Å²) in [6.07, 6.45) is 6.09. The number of anilines is 1. The number of ether oxygens (including phenoxy) is 1. The second-order valence-corrected chi connectivity index (χ2v) is 8.37. The fourth-order valence-corrected chi connectivity index (χ4v) is 4.52. The Hall–Kier alpha value is -2.76. The molecule has 1 aliphatic heterocycles. The van der Waals surface area contributed by atoms with Gasteiger partial charge >= 0.3 is 0 Å². The summed E-state index contributed by atoms with van der Waals surface area (Å²) in [5.41, 5.74) is 2.48. The SMILES string of the molecule is COc1ccc(C)cc1N1C(=O)Cn2cccc2[C@@H]1C(=O)NC1CCC(C)CC1. The van der Waals surface area contributed by atoms with Gasteiger partial charge in [0.05, 0.1) is 18.5 Å². The van der Waals surface area contributed by atoms with Gasteiger partial charge < -0.3 is 14.6 Å². The Morgan fingerprint density at radius 3 is 2.66 bits per heavy atom. The first-order valence-electron chi connectivity index (χ1n) is 10.4. The van der Waals surface area contributed by atoms with E-state index in [1.165, 1.54) is 0 Å². The number of nitrogens with one attached hydrogen (secondary N) is 1. The molecule has 2 aromatic rings. The third-order valence-corrected chi connectivity index (χ3v) is 6.18.